The second kappa shape index (κ2) is 13.1. The Morgan fingerprint density at radius 1 is 1.03 bits per heavy atom. The molecule has 30 heavy (non-hydrogen) atoms. The molecule has 0 saturated heterocycles. The van der Waals surface area contributed by atoms with Gasteiger partial charge in [0.15, 0.2) is 0 Å². The van der Waals surface area contributed by atoms with Crippen LogP contribution in [-0.2, 0) is 21.9 Å². The number of thioether (sulfide) groups is 1. The molecule has 2 aromatic carbocycles. The third-order valence-corrected chi connectivity index (χ3v) is 5.81. The van der Waals surface area contributed by atoms with Gasteiger partial charge < -0.3 is 10.2 Å². The number of carbonyl (C=O) groups excluding carboxylic acids is 2. The first-order valence-electron chi connectivity index (χ1n) is 10.5. The van der Waals surface area contributed by atoms with Crippen molar-refractivity contribution in [1.82, 2.24) is 10.2 Å². The Bertz CT molecular complexity index is 784. The third-order valence-electron chi connectivity index (χ3n) is 4.82. The first-order valence-corrected chi connectivity index (χ1v) is 11.6. The Morgan fingerprint density at radius 2 is 1.73 bits per heavy atom. The van der Waals surface area contributed by atoms with Crippen LogP contribution in [0, 0.1) is 5.82 Å². The summed E-state index contributed by atoms with van der Waals surface area (Å²) in [6.07, 6.45) is 2.42. The van der Waals surface area contributed by atoms with Crippen LogP contribution in [0.3, 0.4) is 0 Å². The number of unbranched alkanes of at least 4 members (excludes halogenated alkanes) is 1. The van der Waals surface area contributed by atoms with Gasteiger partial charge in [-0.05, 0) is 36.1 Å². The van der Waals surface area contributed by atoms with Gasteiger partial charge in [0.2, 0.25) is 11.8 Å². The minimum absolute atomic E-state index is 0.0854. The summed E-state index contributed by atoms with van der Waals surface area (Å²) in [4.78, 5) is 27.5. The van der Waals surface area contributed by atoms with E-state index in [1.165, 1.54) is 23.9 Å². The van der Waals surface area contributed by atoms with Crippen LogP contribution in [0.5, 0.6) is 0 Å². The quantitative estimate of drug-likeness (QED) is 0.493. The number of hydrogen-bond acceptors (Lipinski definition) is 3. The van der Waals surface area contributed by atoms with Crippen LogP contribution in [-0.4, -0.2) is 35.1 Å². The van der Waals surface area contributed by atoms with Crippen molar-refractivity contribution >= 4 is 23.6 Å². The highest BCUT2D eigenvalue weighted by atomic mass is 32.2. The molecule has 0 saturated carbocycles. The van der Waals surface area contributed by atoms with Gasteiger partial charge in [0.1, 0.15) is 11.9 Å². The molecule has 2 amide bonds. The SMILES string of the molecule is CCCCNC(=O)C(CC)N(Cc1ccc(F)cc1)C(=O)CSCc1ccccc1. The zero-order chi connectivity index (χ0) is 21.8. The van der Waals surface area contributed by atoms with Crippen LogP contribution in [0.4, 0.5) is 4.39 Å². The molecule has 1 atom stereocenters. The fourth-order valence-electron chi connectivity index (χ4n) is 3.13. The number of halogens is 1. The van der Waals surface area contributed by atoms with E-state index in [2.05, 4.69) is 12.2 Å². The van der Waals surface area contributed by atoms with Crippen LogP contribution in [0.2, 0.25) is 0 Å². The van der Waals surface area contributed by atoms with Gasteiger partial charge in [-0.2, -0.15) is 0 Å². The molecule has 0 heterocycles. The number of nitrogens with zero attached hydrogens (tertiary/aromatic N) is 1. The van der Waals surface area contributed by atoms with Gasteiger partial charge in [-0.3, -0.25) is 9.59 Å². The van der Waals surface area contributed by atoms with Crippen molar-refractivity contribution in [2.24, 2.45) is 0 Å². The van der Waals surface area contributed by atoms with Crippen molar-refractivity contribution in [2.45, 2.75) is 51.4 Å². The second-order valence-corrected chi connectivity index (χ2v) is 8.18. The minimum Gasteiger partial charge on any atom is -0.354 e. The molecule has 0 aliphatic heterocycles. The number of benzene rings is 2. The zero-order valence-corrected chi connectivity index (χ0v) is 18.6. The van der Waals surface area contributed by atoms with Crippen molar-refractivity contribution < 1.29 is 14.0 Å². The average molecular weight is 431 g/mol. The lowest BCUT2D eigenvalue weighted by atomic mass is 10.1. The lowest BCUT2D eigenvalue weighted by Crippen LogP contribution is -2.49. The Kier molecular flexibility index (Phi) is 10.4. The average Bonchev–Trinajstić information content (AvgIpc) is 2.76. The molecule has 0 aliphatic carbocycles. The zero-order valence-electron chi connectivity index (χ0n) is 17.8. The largest absolute Gasteiger partial charge is 0.354 e. The van der Waals surface area contributed by atoms with E-state index in [1.807, 2.05) is 37.3 Å². The molecule has 4 nitrogen and oxygen atoms in total. The lowest BCUT2D eigenvalue weighted by molar-refractivity contribution is -0.139. The summed E-state index contributed by atoms with van der Waals surface area (Å²) in [5.74, 6) is 0.484. The predicted molar refractivity (Wildman–Crippen MR) is 122 cm³/mol. The van der Waals surface area contributed by atoms with Crippen LogP contribution < -0.4 is 5.32 Å². The maximum atomic E-state index is 13.3. The highest BCUT2D eigenvalue weighted by Gasteiger charge is 2.28. The fraction of sp³-hybridized carbons (Fsp3) is 0.417. The number of rotatable bonds is 12. The number of amides is 2. The van der Waals surface area contributed by atoms with Gasteiger partial charge in [-0.1, -0.05) is 62.7 Å². The molecule has 162 valence electrons. The first-order chi connectivity index (χ1) is 14.5. The van der Waals surface area contributed by atoms with E-state index in [1.54, 1.807) is 17.0 Å². The van der Waals surface area contributed by atoms with Gasteiger partial charge in [0.25, 0.3) is 0 Å². The van der Waals surface area contributed by atoms with E-state index in [-0.39, 0.29) is 29.9 Å². The topological polar surface area (TPSA) is 49.4 Å². The third kappa shape index (κ3) is 7.82. The summed E-state index contributed by atoms with van der Waals surface area (Å²) in [5.41, 5.74) is 1.96. The molecule has 2 aromatic rings. The lowest BCUT2D eigenvalue weighted by Gasteiger charge is -2.30. The summed E-state index contributed by atoms with van der Waals surface area (Å²) in [6.45, 7) is 4.86. The molecule has 2 rings (SSSR count). The summed E-state index contributed by atoms with van der Waals surface area (Å²) in [5, 5.41) is 2.95. The molecule has 0 spiro atoms. The van der Waals surface area contributed by atoms with Gasteiger partial charge in [0.05, 0.1) is 5.75 Å². The van der Waals surface area contributed by atoms with Gasteiger partial charge >= 0.3 is 0 Å². The smallest absolute Gasteiger partial charge is 0.242 e. The molecule has 0 bridgehead atoms. The molecule has 1 N–H and O–H groups in total. The van der Waals surface area contributed by atoms with Crippen molar-refractivity contribution in [3.8, 4) is 0 Å². The molecule has 0 aliphatic rings. The Balaban J connectivity index is 2.08. The maximum Gasteiger partial charge on any atom is 0.242 e. The van der Waals surface area contributed by atoms with Crippen LogP contribution in [0.15, 0.2) is 54.6 Å². The summed E-state index contributed by atoms with van der Waals surface area (Å²) in [6, 6.07) is 15.5. The molecular formula is C24H31FN2O2S. The Hall–Kier alpha value is -2.34. The number of nitrogens with one attached hydrogen (secondary N) is 1. The van der Waals surface area contributed by atoms with Gasteiger partial charge in [0, 0.05) is 18.8 Å². The van der Waals surface area contributed by atoms with Crippen LogP contribution in [0.25, 0.3) is 0 Å². The highest BCUT2D eigenvalue weighted by Crippen LogP contribution is 2.17. The highest BCUT2D eigenvalue weighted by molar-refractivity contribution is 7.99. The van der Waals surface area contributed by atoms with Gasteiger partial charge in [-0.15, -0.1) is 11.8 Å². The molecule has 0 aromatic heterocycles. The van der Waals surface area contributed by atoms with Crippen molar-refractivity contribution in [3.63, 3.8) is 0 Å². The minimum atomic E-state index is -0.545. The fourth-order valence-corrected chi connectivity index (χ4v) is 4.00. The van der Waals surface area contributed by atoms with E-state index >= 15 is 0 Å². The van der Waals surface area contributed by atoms with Crippen LogP contribution >= 0.6 is 11.8 Å². The summed E-state index contributed by atoms with van der Waals surface area (Å²) >= 11 is 1.53. The molecule has 6 heteroatoms. The van der Waals surface area contributed by atoms with Crippen LogP contribution in [0.1, 0.15) is 44.2 Å². The molecule has 0 fully saturated rings. The number of hydrogen-bond donors (Lipinski definition) is 1. The normalized spacial score (nSPS) is 11.7. The van der Waals surface area contributed by atoms with Crippen molar-refractivity contribution in [3.05, 3.63) is 71.5 Å². The Labute approximate surface area is 183 Å². The summed E-state index contributed by atoms with van der Waals surface area (Å²) in [7, 11) is 0. The van der Waals surface area contributed by atoms with Gasteiger partial charge in [-0.25, -0.2) is 4.39 Å². The van der Waals surface area contributed by atoms with Crippen molar-refractivity contribution in [1.29, 1.82) is 0 Å². The maximum absolute atomic E-state index is 13.3. The molecular weight excluding hydrogens is 399 g/mol. The van der Waals surface area contributed by atoms with E-state index in [9.17, 15) is 14.0 Å². The monoisotopic (exact) mass is 430 g/mol. The molecule has 0 radical (unpaired) electrons. The molecule has 1 unspecified atom stereocenters. The predicted octanol–water partition coefficient (Wildman–Crippen LogP) is 4.78. The standard InChI is InChI=1S/C24H31FN2O2S/c1-3-5-15-26-24(29)22(4-2)27(16-19-11-13-21(25)14-12-19)23(28)18-30-17-20-9-7-6-8-10-20/h6-14,22H,3-5,15-18H2,1-2H3,(H,26,29). The van der Waals surface area contributed by atoms with E-state index < -0.39 is 6.04 Å². The number of carbonyl (C=O) groups is 2. The second-order valence-electron chi connectivity index (χ2n) is 7.20. The first kappa shape index (κ1) is 23.9. The van der Waals surface area contributed by atoms with E-state index in [0.29, 0.717) is 13.0 Å². The van der Waals surface area contributed by atoms with Crippen molar-refractivity contribution in [2.75, 3.05) is 12.3 Å². The Morgan fingerprint density at radius 3 is 2.37 bits per heavy atom. The van der Waals surface area contributed by atoms with E-state index in [0.717, 1.165) is 29.7 Å². The summed E-state index contributed by atoms with van der Waals surface area (Å²) < 4.78 is 13.3. The van der Waals surface area contributed by atoms with E-state index in [4.69, 9.17) is 0 Å².